The lowest BCUT2D eigenvalue weighted by Crippen LogP contribution is -1.91. The summed E-state index contributed by atoms with van der Waals surface area (Å²) in [5, 5.41) is 9.77. The summed E-state index contributed by atoms with van der Waals surface area (Å²) < 4.78 is 6.34. The average Bonchev–Trinajstić information content (AvgIpc) is 3.55. The maximum absolute atomic E-state index is 6.34. The van der Waals surface area contributed by atoms with Crippen LogP contribution in [0.5, 0.6) is 0 Å². The van der Waals surface area contributed by atoms with E-state index in [0.717, 1.165) is 27.5 Å². The number of hydrogen-bond donors (Lipinski definition) is 0. The molecule has 9 aromatic carbocycles. The summed E-state index contributed by atoms with van der Waals surface area (Å²) in [5.41, 5.74) is 11.6. The van der Waals surface area contributed by atoms with E-state index in [4.69, 9.17) is 4.42 Å². The van der Waals surface area contributed by atoms with Gasteiger partial charge in [-0.05, 0) is 95.0 Å². The Bertz CT molecular complexity index is 2810. The van der Waals surface area contributed by atoms with Crippen LogP contribution in [0.3, 0.4) is 0 Å². The number of furan rings is 1. The standard InChI is InChI=1S/C48H30O/c1-2-14-35-31(12-1)13-11-22-38(35)37-16-4-3-15-36(37)32-24-26-33(27-25-32)47-41-18-5-7-20-43(41)48(44-21-8-6-19-42(44)47)34-28-29-40-39-17-9-10-23-45(39)49-46(40)30-34/h1-30H. The number of benzene rings is 9. The molecule has 0 aliphatic carbocycles. The summed E-state index contributed by atoms with van der Waals surface area (Å²) in [5.74, 6) is 0. The number of fused-ring (bicyclic) bond motifs is 6. The van der Waals surface area contributed by atoms with E-state index in [1.165, 1.54) is 71.3 Å². The molecule has 10 rings (SSSR count). The Balaban J connectivity index is 1.14. The molecule has 0 radical (unpaired) electrons. The van der Waals surface area contributed by atoms with Crippen LogP contribution in [0.15, 0.2) is 186 Å². The second kappa shape index (κ2) is 11.1. The molecule has 0 bridgehead atoms. The van der Waals surface area contributed by atoms with Gasteiger partial charge in [-0.1, -0.05) is 164 Å². The topological polar surface area (TPSA) is 13.1 Å². The Hall–Kier alpha value is -6.44. The highest BCUT2D eigenvalue weighted by Gasteiger charge is 2.18. The fourth-order valence-corrected chi connectivity index (χ4v) is 7.88. The van der Waals surface area contributed by atoms with Gasteiger partial charge in [0.25, 0.3) is 0 Å². The van der Waals surface area contributed by atoms with Gasteiger partial charge < -0.3 is 4.42 Å². The van der Waals surface area contributed by atoms with Crippen LogP contribution < -0.4 is 0 Å². The number of para-hydroxylation sites is 1. The van der Waals surface area contributed by atoms with Crippen molar-refractivity contribution in [3.05, 3.63) is 182 Å². The van der Waals surface area contributed by atoms with E-state index in [0.29, 0.717) is 0 Å². The van der Waals surface area contributed by atoms with Gasteiger partial charge in [-0.2, -0.15) is 0 Å². The van der Waals surface area contributed by atoms with E-state index >= 15 is 0 Å². The van der Waals surface area contributed by atoms with Gasteiger partial charge in [-0.15, -0.1) is 0 Å². The van der Waals surface area contributed by atoms with Crippen LogP contribution in [-0.2, 0) is 0 Å². The van der Waals surface area contributed by atoms with E-state index in [9.17, 15) is 0 Å². The maximum atomic E-state index is 6.34. The molecule has 228 valence electrons. The van der Waals surface area contributed by atoms with Crippen molar-refractivity contribution in [1.82, 2.24) is 0 Å². The van der Waals surface area contributed by atoms with E-state index in [1.807, 2.05) is 12.1 Å². The summed E-state index contributed by atoms with van der Waals surface area (Å²) in [4.78, 5) is 0. The highest BCUT2D eigenvalue weighted by molar-refractivity contribution is 6.22. The first kappa shape index (κ1) is 27.7. The van der Waals surface area contributed by atoms with E-state index in [-0.39, 0.29) is 0 Å². The highest BCUT2D eigenvalue weighted by Crippen LogP contribution is 2.45. The molecule has 1 nitrogen and oxygen atoms in total. The molecule has 0 spiro atoms. The zero-order chi connectivity index (χ0) is 32.3. The molecular formula is C48H30O. The molecule has 0 atom stereocenters. The number of rotatable bonds is 4. The Kier molecular flexibility index (Phi) is 6.25. The normalized spacial score (nSPS) is 11.7. The molecule has 0 N–H and O–H groups in total. The van der Waals surface area contributed by atoms with Crippen LogP contribution in [0.1, 0.15) is 0 Å². The minimum Gasteiger partial charge on any atom is -0.456 e. The fourth-order valence-electron chi connectivity index (χ4n) is 7.88. The van der Waals surface area contributed by atoms with Gasteiger partial charge in [0.2, 0.25) is 0 Å². The molecule has 0 aliphatic heterocycles. The molecule has 1 aromatic heterocycles. The lowest BCUT2D eigenvalue weighted by atomic mass is 9.85. The van der Waals surface area contributed by atoms with E-state index in [1.54, 1.807) is 0 Å². The molecule has 1 heteroatoms. The van der Waals surface area contributed by atoms with Crippen molar-refractivity contribution < 1.29 is 4.42 Å². The van der Waals surface area contributed by atoms with E-state index in [2.05, 4.69) is 170 Å². The highest BCUT2D eigenvalue weighted by atomic mass is 16.3. The molecule has 0 saturated carbocycles. The molecule has 0 fully saturated rings. The minimum atomic E-state index is 0.912. The fraction of sp³-hybridized carbons (Fsp3) is 0. The lowest BCUT2D eigenvalue weighted by molar-refractivity contribution is 0.669. The maximum Gasteiger partial charge on any atom is 0.136 e. The van der Waals surface area contributed by atoms with Crippen molar-refractivity contribution in [1.29, 1.82) is 0 Å². The third kappa shape index (κ3) is 4.40. The summed E-state index contributed by atoms with van der Waals surface area (Å²) in [6.07, 6.45) is 0. The molecule has 0 saturated heterocycles. The van der Waals surface area contributed by atoms with Crippen molar-refractivity contribution >= 4 is 54.3 Å². The average molecular weight is 623 g/mol. The quantitative estimate of drug-likeness (QED) is 0.178. The molecular weight excluding hydrogens is 593 g/mol. The Morgan fingerprint density at radius 2 is 0.735 bits per heavy atom. The molecule has 0 aliphatic rings. The summed E-state index contributed by atoms with van der Waals surface area (Å²) >= 11 is 0. The van der Waals surface area contributed by atoms with Crippen LogP contribution in [0.25, 0.3) is 98.8 Å². The second-order valence-corrected chi connectivity index (χ2v) is 12.8. The van der Waals surface area contributed by atoms with Crippen LogP contribution in [0, 0.1) is 0 Å². The predicted molar refractivity (Wildman–Crippen MR) is 208 cm³/mol. The SMILES string of the molecule is c1ccc(-c2cccc3ccccc23)c(-c2ccc(-c3c4ccccc4c(-c4ccc5c(c4)oc4ccccc45)c4ccccc34)cc2)c1. The van der Waals surface area contributed by atoms with Crippen LogP contribution >= 0.6 is 0 Å². The van der Waals surface area contributed by atoms with Crippen LogP contribution in [-0.4, -0.2) is 0 Å². The Morgan fingerprint density at radius 1 is 0.265 bits per heavy atom. The molecule has 0 unspecified atom stereocenters. The third-order valence-electron chi connectivity index (χ3n) is 10.1. The Labute approximate surface area is 284 Å². The van der Waals surface area contributed by atoms with Gasteiger partial charge in [0.1, 0.15) is 11.2 Å². The summed E-state index contributed by atoms with van der Waals surface area (Å²) in [6.45, 7) is 0. The molecule has 10 aromatic rings. The van der Waals surface area contributed by atoms with Gasteiger partial charge in [-0.25, -0.2) is 0 Å². The van der Waals surface area contributed by atoms with E-state index < -0.39 is 0 Å². The Morgan fingerprint density at radius 3 is 1.45 bits per heavy atom. The van der Waals surface area contributed by atoms with Crippen LogP contribution in [0.4, 0.5) is 0 Å². The van der Waals surface area contributed by atoms with Crippen LogP contribution in [0.2, 0.25) is 0 Å². The first-order valence-electron chi connectivity index (χ1n) is 16.8. The largest absolute Gasteiger partial charge is 0.456 e. The zero-order valence-electron chi connectivity index (χ0n) is 26.7. The second-order valence-electron chi connectivity index (χ2n) is 12.8. The molecule has 0 amide bonds. The molecule has 1 heterocycles. The lowest BCUT2D eigenvalue weighted by Gasteiger charge is -2.18. The van der Waals surface area contributed by atoms with Gasteiger partial charge in [-0.3, -0.25) is 0 Å². The van der Waals surface area contributed by atoms with Gasteiger partial charge in [0, 0.05) is 10.8 Å². The van der Waals surface area contributed by atoms with Gasteiger partial charge in [0.05, 0.1) is 0 Å². The van der Waals surface area contributed by atoms with Crippen molar-refractivity contribution in [3.63, 3.8) is 0 Å². The summed E-state index contributed by atoms with van der Waals surface area (Å²) in [6, 6.07) is 65.8. The predicted octanol–water partition coefficient (Wildman–Crippen LogP) is 13.7. The smallest absolute Gasteiger partial charge is 0.136 e. The van der Waals surface area contributed by atoms with Crippen molar-refractivity contribution in [3.8, 4) is 44.5 Å². The minimum absolute atomic E-state index is 0.912. The third-order valence-corrected chi connectivity index (χ3v) is 10.1. The monoisotopic (exact) mass is 622 g/mol. The first-order valence-corrected chi connectivity index (χ1v) is 16.8. The molecule has 49 heavy (non-hydrogen) atoms. The van der Waals surface area contributed by atoms with Crippen molar-refractivity contribution in [2.45, 2.75) is 0 Å². The zero-order valence-corrected chi connectivity index (χ0v) is 26.7. The summed E-state index contributed by atoms with van der Waals surface area (Å²) in [7, 11) is 0. The van der Waals surface area contributed by atoms with Gasteiger partial charge in [0.15, 0.2) is 0 Å². The number of hydrogen-bond acceptors (Lipinski definition) is 1. The van der Waals surface area contributed by atoms with Gasteiger partial charge >= 0.3 is 0 Å². The first-order chi connectivity index (χ1) is 24.3. The van der Waals surface area contributed by atoms with Crippen molar-refractivity contribution in [2.24, 2.45) is 0 Å². The van der Waals surface area contributed by atoms with Crippen molar-refractivity contribution in [2.75, 3.05) is 0 Å².